The maximum atomic E-state index is 10.8. The normalized spacial score (nSPS) is 11.3. The number of unbranched alkanes of at least 4 members (excludes halogenated alkanes) is 3. The highest BCUT2D eigenvalue weighted by Crippen LogP contribution is 2.40. The van der Waals surface area contributed by atoms with Gasteiger partial charge in [-0.15, -0.1) is 11.3 Å². The van der Waals surface area contributed by atoms with Crippen LogP contribution in [0.4, 0.5) is 0 Å². The van der Waals surface area contributed by atoms with Crippen LogP contribution in [-0.4, -0.2) is 44.7 Å². The molecule has 0 radical (unpaired) electrons. The van der Waals surface area contributed by atoms with Crippen LogP contribution in [0.1, 0.15) is 85.3 Å². The summed E-state index contributed by atoms with van der Waals surface area (Å²) < 4.78 is 22.4. The van der Waals surface area contributed by atoms with Crippen molar-refractivity contribution in [1.29, 1.82) is 5.26 Å². The predicted molar refractivity (Wildman–Crippen MR) is 222 cm³/mol. The Labute approximate surface area is 329 Å². The molecule has 0 aliphatic heterocycles. The van der Waals surface area contributed by atoms with Crippen molar-refractivity contribution < 1.29 is 28.5 Å². The average Bonchev–Trinajstić information content (AvgIpc) is 3.67. The number of aryl methyl sites for hydroxylation is 1. The maximum absolute atomic E-state index is 10.8. The minimum absolute atomic E-state index is 0.343. The molecule has 0 unspecified atom stereocenters. The third kappa shape index (κ3) is 13.6. The second kappa shape index (κ2) is 23.1. The quantitative estimate of drug-likeness (QED) is 0.0423. The van der Waals surface area contributed by atoms with E-state index in [1.165, 1.54) is 36.5 Å². The van der Waals surface area contributed by atoms with Gasteiger partial charge in [-0.1, -0.05) is 80.1 Å². The lowest BCUT2D eigenvalue weighted by Crippen LogP contribution is -2.02. The van der Waals surface area contributed by atoms with Crippen molar-refractivity contribution in [2.24, 2.45) is 0 Å². The Morgan fingerprint density at radius 2 is 1.51 bits per heavy atom. The van der Waals surface area contributed by atoms with E-state index in [1.54, 1.807) is 43.3 Å². The third-order valence-electron chi connectivity index (χ3n) is 8.79. The number of benzene rings is 4. The summed E-state index contributed by atoms with van der Waals surface area (Å²) in [6.45, 7) is 6.71. The minimum atomic E-state index is -0.343. The lowest BCUT2D eigenvalue weighted by molar-refractivity contribution is -0.137. The second-order valence-corrected chi connectivity index (χ2v) is 13.8. The number of methoxy groups -OCH3 is 2. The Hall–Kier alpha value is -5.72. The Bertz CT molecular complexity index is 1980. The number of hydrogen-bond acceptors (Lipinski definition) is 9. The molecule has 0 spiro atoms. The van der Waals surface area contributed by atoms with E-state index >= 15 is 0 Å². The molecule has 4 aromatic carbocycles. The Morgan fingerprint density at radius 3 is 2.09 bits per heavy atom. The van der Waals surface area contributed by atoms with Crippen LogP contribution in [0, 0.1) is 11.3 Å². The number of aromatic nitrogens is 1. The van der Waals surface area contributed by atoms with Gasteiger partial charge in [0.15, 0.2) is 0 Å². The molecule has 0 bridgehead atoms. The molecular formula is C46H50N2O6S. The van der Waals surface area contributed by atoms with Crippen LogP contribution in [0.5, 0.6) is 17.2 Å². The Morgan fingerprint density at radius 1 is 0.855 bits per heavy atom. The molecule has 6 rings (SSSR count). The van der Waals surface area contributed by atoms with Crippen molar-refractivity contribution >= 4 is 39.9 Å². The molecule has 9 heteroatoms. The van der Waals surface area contributed by atoms with Crippen molar-refractivity contribution in [2.45, 2.75) is 64.7 Å². The monoisotopic (exact) mass is 758 g/mol. The third-order valence-corrected chi connectivity index (χ3v) is 9.91. The topological polar surface area (TPSA) is 108 Å². The number of nitriles is 1. The number of aldehydes is 1. The minimum Gasteiger partial charge on any atom is -0.495 e. The summed E-state index contributed by atoms with van der Waals surface area (Å²) in [4.78, 5) is 25.8. The number of nitrogens with zero attached hydrogens (tertiary/aromatic N) is 2. The van der Waals surface area contributed by atoms with Crippen molar-refractivity contribution in [1.82, 2.24) is 4.98 Å². The fourth-order valence-electron chi connectivity index (χ4n) is 5.55. The van der Waals surface area contributed by atoms with Crippen LogP contribution in [0.3, 0.4) is 0 Å². The second-order valence-electron chi connectivity index (χ2n) is 12.8. The molecule has 1 saturated carbocycles. The molecule has 1 aliphatic rings. The van der Waals surface area contributed by atoms with E-state index in [0.717, 1.165) is 95.0 Å². The molecule has 5 aromatic rings. The summed E-state index contributed by atoms with van der Waals surface area (Å²) in [6.07, 6.45) is 14.5. The van der Waals surface area contributed by atoms with Crippen molar-refractivity contribution in [3.05, 3.63) is 125 Å². The van der Waals surface area contributed by atoms with E-state index in [0.29, 0.717) is 12.2 Å². The summed E-state index contributed by atoms with van der Waals surface area (Å²) in [6, 6.07) is 29.3. The number of rotatable bonds is 16. The fraction of sp³-hybridized carbons (Fsp3) is 0.304. The van der Waals surface area contributed by atoms with Crippen molar-refractivity contribution in [2.75, 3.05) is 27.4 Å². The molecule has 1 heterocycles. The summed E-state index contributed by atoms with van der Waals surface area (Å²) >= 11 is 1.55. The molecule has 1 aliphatic carbocycles. The molecule has 8 nitrogen and oxygen atoms in total. The first-order valence-corrected chi connectivity index (χ1v) is 19.5. The van der Waals surface area contributed by atoms with Gasteiger partial charge in [-0.3, -0.25) is 4.79 Å². The van der Waals surface area contributed by atoms with Crippen LogP contribution < -0.4 is 14.2 Å². The largest absolute Gasteiger partial charge is 0.495 e. The number of thiazole rings is 1. The van der Waals surface area contributed by atoms with E-state index in [4.69, 9.17) is 24.2 Å². The highest BCUT2D eigenvalue weighted by molar-refractivity contribution is 7.22. The summed E-state index contributed by atoms with van der Waals surface area (Å²) in [5.41, 5.74) is 7.28. The van der Waals surface area contributed by atoms with E-state index in [-0.39, 0.29) is 5.97 Å². The van der Waals surface area contributed by atoms with E-state index in [2.05, 4.69) is 42.8 Å². The van der Waals surface area contributed by atoms with Gasteiger partial charge in [-0.2, -0.15) is 5.26 Å². The molecule has 0 amide bonds. The predicted octanol–water partition coefficient (Wildman–Crippen LogP) is 11.2. The van der Waals surface area contributed by atoms with Gasteiger partial charge in [0, 0.05) is 17.2 Å². The number of esters is 1. The zero-order valence-corrected chi connectivity index (χ0v) is 32.9. The molecular weight excluding hydrogens is 709 g/mol. The molecule has 1 aromatic heterocycles. The van der Waals surface area contributed by atoms with Crippen LogP contribution in [0.15, 0.2) is 103 Å². The Balaban J connectivity index is 0.000000194. The number of hydrogen-bond donors (Lipinski definition) is 0. The summed E-state index contributed by atoms with van der Waals surface area (Å²) in [5, 5.41) is 9.73. The van der Waals surface area contributed by atoms with Crippen LogP contribution in [-0.2, 0) is 16.0 Å². The average molecular weight is 759 g/mol. The fourth-order valence-corrected chi connectivity index (χ4v) is 6.63. The van der Waals surface area contributed by atoms with Crippen molar-refractivity contribution in [3.8, 4) is 33.9 Å². The van der Waals surface area contributed by atoms with E-state index in [1.807, 2.05) is 60.7 Å². The molecule has 0 N–H and O–H groups in total. The standard InChI is InChI=1S/C20H26O3.C16H12N2O2S.C10H12O/c1-2-20(21)23-15-6-4-3-5-14-22-19-12-10-18(11-13-19)16-17-8-7-9-17;1-19-12-7-8-13(20-2)15-14(12)18-16(21-15)11-5-3-10(9-17)4-6-11;1-2-3-9-4-6-10(8-11)7-5-9/h2,10-13,16H,1,3-9,14-15H2;3-8H,1-2H3;4-8H,2-3H2,1H3. The first kappa shape index (κ1) is 42.0. The van der Waals surface area contributed by atoms with Gasteiger partial charge in [0.05, 0.1) is 39.1 Å². The lowest BCUT2D eigenvalue weighted by atomic mass is 9.91. The molecule has 55 heavy (non-hydrogen) atoms. The highest BCUT2D eigenvalue weighted by atomic mass is 32.1. The van der Waals surface area contributed by atoms with Crippen molar-refractivity contribution in [3.63, 3.8) is 0 Å². The summed E-state index contributed by atoms with van der Waals surface area (Å²) in [7, 11) is 3.27. The highest BCUT2D eigenvalue weighted by Gasteiger charge is 2.14. The van der Waals surface area contributed by atoms with E-state index < -0.39 is 0 Å². The first-order valence-electron chi connectivity index (χ1n) is 18.7. The number of carbonyl (C=O) groups is 2. The van der Waals surface area contributed by atoms with Gasteiger partial charge in [-0.05, 0) is 98.9 Å². The SMILES string of the molecule is C=CC(=O)OCCCCCCOc1ccc(C=C2CCC2)cc1.CCCc1ccc(C=O)cc1.COc1ccc(OC)c2sc(-c3ccc(C#N)cc3)nc12. The molecule has 0 atom stereocenters. The zero-order valence-electron chi connectivity index (χ0n) is 32.1. The van der Waals surface area contributed by atoms with Crippen LogP contribution in [0.2, 0.25) is 0 Å². The smallest absolute Gasteiger partial charge is 0.330 e. The molecule has 0 saturated heterocycles. The van der Waals surface area contributed by atoms with Gasteiger partial charge >= 0.3 is 5.97 Å². The maximum Gasteiger partial charge on any atom is 0.330 e. The van der Waals surface area contributed by atoms with Gasteiger partial charge in [0.1, 0.15) is 38.8 Å². The van der Waals surface area contributed by atoms with E-state index in [9.17, 15) is 9.59 Å². The summed E-state index contributed by atoms with van der Waals surface area (Å²) in [5.74, 6) is 2.09. The Kier molecular flexibility index (Phi) is 17.7. The number of allylic oxidation sites excluding steroid dienone is 1. The lowest BCUT2D eigenvalue weighted by Gasteiger charge is -2.15. The van der Waals surface area contributed by atoms with Gasteiger partial charge in [0.25, 0.3) is 0 Å². The molecule has 286 valence electrons. The van der Waals surface area contributed by atoms with Crippen LogP contribution in [0.25, 0.3) is 26.9 Å². The van der Waals surface area contributed by atoms with Gasteiger partial charge in [-0.25, -0.2) is 9.78 Å². The van der Waals surface area contributed by atoms with Gasteiger partial charge in [0.2, 0.25) is 0 Å². The number of carbonyl (C=O) groups excluding carboxylic acids is 2. The number of ether oxygens (including phenoxy) is 4. The zero-order chi connectivity index (χ0) is 39.3. The van der Waals surface area contributed by atoms with Crippen LogP contribution >= 0.6 is 11.3 Å². The van der Waals surface area contributed by atoms with Gasteiger partial charge < -0.3 is 18.9 Å². The number of fused-ring (bicyclic) bond motifs is 1. The molecule has 1 fully saturated rings. The first-order chi connectivity index (χ1) is 26.9.